The fraction of sp³-hybridized carbons (Fsp3) is 0.632. The molecule has 1 nitrogen and oxygen atoms in total. The van der Waals surface area contributed by atoms with Crippen molar-refractivity contribution in [3.05, 3.63) is 35.9 Å². The van der Waals surface area contributed by atoms with Gasteiger partial charge in [0.1, 0.15) is 5.78 Å². The maximum absolute atomic E-state index is 11.8. The Balaban J connectivity index is 1.90. The quantitative estimate of drug-likeness (QED) is 0.361. The molecular weight excluding hydrogens is 271 g/mol. The Bertz CT molecular complexity index is 361. The third-order valence-corrected chi connectivity index (χ3v) is 5.98. The largest absolute Gasteiger partial charge is 0.301 e. The van der Waals surface area contributed by atoms with Crippen LogP contribution in [0.4, 0.5) is 0 Å². The minimum atomic E-state index is -0.116. The fourth-order valence-electron chi connectivity index (χ4n) is 2.72. The monoisotopic (exact) mass is 302 g/mol. The summed E-state index contributed by atoms with van der Waals surface area (Å²) in [5.41, 5.74) is 1.36. The van der Waals surface area contributed by atoms with Crippen LogP contribution in [-0.2, 0) is 11.2 Å². The third kappa shape index (κ3) is 10.7. The van der Waals surface area contributed by atoms with Crippen LogP contribution in [0.15, 0.2) is 30.3 Å². The van der Waals surface area contributed by atoms with E-state index in [0.717, 1.165) is 24.5 Å². The molecule has 0 heterocycles. The topological polar surface area (TPSA) is 17.1 Å². The molecule has 0 radical (unpaired) electrons. The van der Waals surface area contributed by atoms with Gasteiger partial charge in [-0.1, -0.05) is 81.1 Å². The van der Waals surface area contributed by atoms with E-state index < -0.39 is 0 Å². The average molecular weight is 302 g/mol. The number of hydrogen-bond donors (Lipinski definition) is 0. The lowest BCUT2D eigenvalue weighted by Crippen LogP contribution is -2.03. The first-order chi connectivity index (χ1) is 10.3. The number of ketones is 1. The molecule has 0 saturated carbocycles. The molecule has 0 N–H and O–H groups in total. The van der Waals surface area contributed by atoms with Crippen LogP contribution in [0.2, 0.25) is 10.6 Å². The molecule has 0 aliphatic carbocycles. The lowest BCUT2D eigenvalue weighted by molar-refractivity contribution is -0.117. The van der Waals surface area contributed by atoms with E-state index in [9.17, 15) is 4.79 Å². The van der Waals surface area contributed by atoms with Gasteiger partial charge in [-0.05, 0) is 23.7 Å². The molecule has 0 aromatic heterocycles. The van der Waals surface area contributed by atoms with Crippen LogP contribution in [0.3, 0.4) is 0 Å². The van der Waals surface area contributed by atoms with Crippen molar-refractivity contribution in [2.45, 2.75) is 75.3 Å². The molecule has 1 aromatic carbocycles. The van der Waals surface area contributed by atoms with Gasteiger partial charge >= 0.3 is 0 Å². The van der Waals surface area contributed by atoms with Crippen LogP contribution in [0.5, 0.6) is 0 Å². The predicted molar refractivity (Wildman–Crippen MR) is 94.5 cm³/mol. The van der Waals surface area contributed by atoms with Crippen molar-refractivity contribution in [1.29, 1.82) is 0 Å². The van der Waals surface area contributed by atoms with Gasteiger partial charge < -0.3 is 4.79 Å². The molecule has 1 aromatic rings. The van der Waals surface area contributed by atoms with Crippen molar-refractivity contribution in [2.75, 3.05) is 0 Å². The molecule has 0 saturated heterocycles. The molecule has 21 heavy (non-hydrogen) atoms. The lowest BCUT2D eigenvalue weighted by Gasteiger charge is -2.02. The van der Waals surface area contributed by atoms with Crippen LogP contribution in [-0.4, -0.2) is 21.0 Å². The number of hydrogen-bond acceptors (Lipinski definition) is 1. The number of rotatable bonds is 13. The highest BCUT2D eigenvalue weighted by molar-refractivity contribution is 6.41. The zero-order valence-electron chi connectivity index (χ0n) is 13.8. The first-order valence-electron chi connectivity index (χ1n) is 8.88. The molecule has 0 aliphatic rings. The summed E-state index contributed by atoms with van der Waals surface area (Å²) in [6.45, 7) is 2.26. The van der Waals surface area contributed by atoms with Crippen molar-refractivity contribution in [2.24, 2.45) is 0 Å². The molecule has 0 atom stereocenters. The van der Waals surface area contributed by atoms with E-state index in [4.69, 9.17) is 0 Å². The molecular formula is C19H31AlO. The predicted octanol–water partition coefficient (Wildman–Crippen LogP) is 5.21. The highest BCUT2D eigenvalue weighted by Crippen LogP contribution is 2.09. The Morgan fingerprint density at radius 2 is 1.67 bits per heavy atom. The first-order valence-corrected chi connectivity index (χ1v) is 10.9. The van der Waals surface area contributed by atoms with Crippen molar-refractivity contribution >= 4 is 21.0 Å². The smallest absolute Gasteiger partial charge is 0.247 e. The summed E-state index contributed by atoms with van der Waals surface area (Å²) in [5, 5.41) is 2.31. The normalized spacial score (nSPS) is 10.5. The summed E-state index contributed by atoms with van der Waals surface area (Å²) in [7, 11) is 0. The highest BCUT2D eigenvalue weighted by Gasteiger charge is 2.04. The molecule has 0 bridgehead atoms. The first kappa shape index (κ1) is 18.5. The molecule has 116 valence electrons. The number of unbranched alkanes of at least 4 members (excludes halogenated alkanes) is 5. The summed E-state index contributed by atoms with van der Waals surface area (Å²) in [6, 6.07) is 10.5. The van der Waals surface area contributed by atoms with Gasteiger partial charge in [0.05, 0.1) is 0 Å². The van der Waals surface area contributed by atoms with Gasteiger partial charge in [0.2, 0.25) is 15.2 Å². The lowest BCUT2D eigenvalue weighted by atomic mass is 10.1. The van der Waals surface area contributed by atoms with Crippen molar-refractivity contribution in [3.8, 4) is 0 Å². The van der Waals surface area contributed by atoms with Crippen LogP contribution in [0.1, 0.15) is 63.9 Å². The maximum Gasteiger partial charge on any atom is 0.247 e. The Hall–Kier alpha value is -0.578. The van der Waals surface area contributed by atoms with Gasteiger partial charge in [-0.3, -0.25) is 0 Å². The van der Waals surface area contributed by atoms with Crippen molar-refractivity contribution < 1.29 is 4.79 Å². The van der Waals surface area contributed by atoms with Gasteiger partial charge in [-0.15, -0.1) is 0 Å². The van der Waals surface area contributed by atoms with Crippen LogP contribution in [0.25, 0.3) is 0 Å². The highest BCUT2D eigenvalue weighted by atomic mass is 27.1. The molecule has 0 fully saturated rings. The van der Waals surface area contributed by atoms with Crippen molar-refractivity contribution in [1.82, 2.24) is 0 Å². The second-order valence-electron chi connectivity index (χ2n) is 6.10. The summed E-state index contributed by atoms with van der Waals surface area (Å²) in [4.78, 5) is 11.8. The van der Waals surface area contributed by atoms with Gasteiger partial charge in [0.25, 0.3) is 0 Å². The minimum Gasteiger partial charge on any atom is -0.301 e. The minimum absolute atomic E-state index is 0.116. The molecule has 1 rings (SSSR count). The Labute approximate surface area is 137 Å². The van der Waals surface area contributed by atoms with Crippen LogP contribution < -0.4 is 0 Å². The van der Waals surface area contributed by atoms with E-state index in [2.05, 4.69) is 31.2 Å². The average Bonchev–Trinajstić information content (AvgIpc) is 2.51. The van der Waals surface area contributed by atoms with E-state index in [1.165, 1.54) is 49.4 Å². The second-order valence-corrected chi connectivity index (χ2v) is 8.02. The maximum atomic E-state index is 11.8. The van der Waals surface area contributed by atoms with Gasteiger partial charge in [0.15, 0.2) is 0 Å². The van der Waals surface area contributed by atoms with Gasteiger partial charge in [-0.2, -0.15) is 0 Å². The Kier molecular flexibility index (Phi) is 11.5. The Morgan fingerprint density at radius 1 is 0.952 bits per heavy atom. The van der Waals surface area contributed by atoms with E-state index >= 15 is 0 Å². The molecule has 0 amide bonds. The van der Waals surface area contributed by atoms with Crippen LogP contribution in [0, 0.1) is 0 Å². The zero-order chi connectivity index (χ0) is 15.2. The molecule has 0 spiro atoms. The Morgan fingerprint density at radius 3 is 2.43 bits per heavy atom. The number of carbonyl (C=O) groups is 1. The molecule has 2 heteroatoms. The van der Waals surface area contributed by atoms with Crippen LogP contribution >= 0.6 is 0 Å². The summed E-state index contributed by atoms with van der Waals surface area (Å²) < 4.78 is 0. The molecule has 0 aliphatic heterocycles. The SMILES string of the molecule is CCCCCCC[CH2][AlH][CH2]C(=O)CCCc1ccccc1. The standard InChI is InChI=1S/C11H13O.C8H17.Al.H/c1-10(12)6-5-9-11-7-3-2-4-8-11;1-3-5-7-8-6-4-2;;/h2-4,7-8H,1,5-6,9H2;1,3-8H2,2H3;;. The summed E-state index contributed by atoms with van der Waals surface area (Å²) in [6.07, 6.45) is 11.1. The zero-order valence-corrected chi connectivity index (χ0v) is 15.2. The number of carbonyl (C=O) groups excluding carboxylic acids is 1. The number of Topliss-reactive ketones (excluding diaryl/α,β-unsaturated/α-hetero) is 1. The van der Waals surface area contributed by atoms with E-state index in [-0.39, 0.29) is 15.2 Å². The van der Waals surface area contributed by atoms with E-state index in [1.807, 2.05) is 6.07 Å². The summed E-state index contributed by atoms with van der Waals surface area (Å²) in [5.74, 6) is 0.517. The van der Waals surface area contributed by atoms with E-state index in [0.29, 0.717) is 5.78 Å². The number of benzene rings is 1. The van der Waals surface area contributed by atoms with Gasteiger partial charge in [0, 0.05) is 6.42 Å². The van der Waals surface area contributed by atoms with E-state index in [1.54, 1.807) is 0 Å². The molecule has 0 unspecified atom stereocenters. The second kappa shape index (κ2) is 13.1. The van der Waals surface area contributed by atoms with Gasteiger partial charge in [-0.25, -0.2) is 0 Å². The third-order valence-electron chi connectivity index (χ3n) is 4.07. The number of aryl methyl sites for hydroxylation is 1. The fourth-order valence-corrected chi connectivity index (χ4v) is 4.32. The summed E-state index contributed by atoms with van der Waals surface area (Å²) >= 11 is -0.116. The van der Waals surface area contributed by atoms with Crippen molar-refractivity contribution in [3.63, 3.8) is 0 Å².